The number of halogens is 2. The summed E-state index contributed by atoms with van der Waals surface area (Å²) in [5, 5.41) is 1.22. The van der Waals surface area contributed by atoms with Gasteiger partial charge >= 0.3 is 0 Å². The molecule has 1 aromatic carbocycles. The molecule has 4 N–H and O–H groups in total. The third kappa shape index (κ3) is 3.44. The van der Waals surface area contributed by atoms with E-state index in [1.54, 1.807) is 19.1 Å². The fourth-order valence-electron chi connectivity index (χ4n) is 2.03. The highest BCUT2D eigenvalue weighted by Crippen LogP contribution is 2.31. The van der Waals surface area contributed by atoms with Crippen LogP contribution in [-0.4, -0.2) is 9.97 Å². The molecular formula is C16H16Cl2N4. The maximum Gasteiger partial charge on any atom is 0.222 e. The number of nitrogens with two attached hydrogens (primary N) is 2. The van der Waals surface area contributed by atoms with Crippen LogP contribution in [-0.2, 0) is 5.41 Å². The van der Waals surface area contributed by atoms with E-state index in [0.717, 1.165) is 5.56 Å². The Hall–Kier alpha value is -1.96. The molecule has 1 aromatic heterocycles. The van der Waals surface area contributed by atoms with Gasteiger partial charge in [0.25, 0.3) is 0 Å². The van der Waals surface area contributed by atoms with Crippen molar-refractivity contribution in [3.63, 3.8) is 0 Å². The lowest BCUT2D eigenvalue weighted by Gasteiger charge is -2.20. The Kier molecular flexibility index (Phi) is 4.50. The van der Waals surface area contributed by atoms with Crippen LogP contribution in [0.1, 0.15) is 30.7 Å². The summed E-state index contributed by atoms with van der Waals surface area (Å²) in [7, 11) is 0. The van der Waals surface area contributed by atoms with Crippen molar-refractivity contribution >= 4 is 35.0 Å². The van der Waals surface area contributed by atoms with Gasteiger partial charge in [0.15, 0.2) is 0 Å². The van der Waals surface area contributed by atoms with Crippen molar-refractivity contribution in [1.82, 2.24) is 9.97 Å². The zero-order valence-electron chi connectivity index (χ0n) is 12.5. The molecule has 2 aromatic rings. The average Bonchev–Trinajstić information content (AvgIpc) is 2.40. The van der Waals surface area contributed by atoms with Gasteiger partial charge in [0, 0.05) is 10.0 Å². The zero-order chi connectivity index (χ0) is 16.5. The summed E-state index contributed by atoms with van der Waals surface area (Å²) in [5.41, 5.74) is 13.0. The van der Waals surface area contributed by atoms with Crippen LogP contribution in [0.5, 0.6) is 0 Å². The molecule has 0 atom stereocenters. The topological polar surface area (TPSA) is 77.8 Å². The molecule has 0 amide bonds. The Morgan fingerprint density at radius 2 is 1.82 bits per heavy atom. The van der Waals surface area contributed by atoms with Gasteiger partial charge < -0.3 is 11.5 Å². The second-order valence-corrected chi connectivity index (χ2v) is 6.27. The molecule has 114 valence electrons. The molecule has 0 aliphatic carbocycles. The lowest BCUT2D eigenvalue weighted by Crippen LogP contribution is -2.15. The molecule has 0 unspecified atom stereocenters. The molecule has 0 saturated heterocycles. The second kappa shape index (κ2) is 6.04. The van der Waals surface area contributed by atoms with Gasteiger partial charge in [-0.05, 0) is 44.5 Å². The van der Waals surface area contributed by atoms with Gasteiger partial charge in [0.1, 0.15) is 5.82 Å². The van der Waals surface area contributed by atoms with E-state index in [4.69, 9.17) is 34.7 Å². The average molecular weight is 335 g/mol. The minimum atomic E-state index is -0.512. The number of hydrogen-bond acceptors (Lipinski definition) is 4. The molecule has 4 nitrogen and oxygen atoms in total. The predicted molar refractivity (Wildman–Crippen MR) is 92.0 cm³/mol. The van der Waals surface area contributed by atoms with Crippen molar-refractivity contribution < 1.29 is 0 Å². The maximum atomic E-state index is 6.25. The SMILES string of the molecule is Cc1nc(N)nc(N)c1C#CC(C)(C)c1cc(Cl)ccc1Cl. The molecule has 0 bridgehead atoms. The van der Waals surface area contributed by atoms with Gasteiger partial charge in [-0.15, -0.1) is 0 Å². The van der Waals surface area contributed by atoms with Crippen LogP contribution < -0.4 is 11.5 Å². The quantitative estimate of drug-likeness (QED) is 0.781. The van der Waals surface area contributed by atoms with E-state index in [1.165, 1.54) is 0 Å². The standard InChI is InChI=1S/C16H16Cl2N4/c1-9-11(14(19)22-15(20)21-9)6-7-16(2,3)12-8-10(17)4-5-13(12)18/h4-5,8H,1-3H3,(H4,19,20,21,22). The first-order valence-electron chi connectivity index (χ1n) is 6.59. The second-order valence-electron chi connectivity index (χ2n) is 5.43. The molecule has 0 spiro atoms. The van der Waals surface area contributed by atoms with Gasteiger partial charge in [-0.25, -0.2) is 4.98 Å². The summed E-state index contributed by atoms with van der Waals surface area (Å²) in [6.07, 6.45) is 0. The highest BCUT2D eigenvalue weighted by molar-refractivity contribution is 6.33. The Morgan fingerprint density at radius 1 is 1.14 bits per heavy atom. The van der Waals surface area contributed by atoms with E-state index in [9.17, 15) is 0 Å². The summed E-state index contributed by atoms with van der Waals surface area (Å²) in [4.78, 5) is 8.01. The van der Waals surface area contributed by atoms with E-state index < -0.39 is 5.41 Å². The number of hydrogen-bond donors (Lipinski definition) is 2. The van der Waals surface area contributed by atoms with Gasteiger partial charge in [-0.2, -0.15) is 4.98 Å². The minimum Gasteiger partial charge on any atom is -0.382 e. The van der Waals surface area contributed by atoms with E-state index in [1.807, 2.05) is 19.9 Å². The third-order valence-corrected chi connectivity index (χ3v) is 3.80. The van der Waals surface area contributed by atoms with Crippen molar-refractivity contribution in [3.05, 3.63) is 45.1 Å². The van der Waals surface area contributed by atoms with Gasteiger partial charge in [0.2, 0.25) is 5.95 Å². The predicted octanol–water partition coefficient (Wildman–Crippen LogP) is 3.59. The first-order chi connectivity index (χ1) is 10.2. The van der Waals surface area contributed by atoms with Crippen molar-refractivity contribution in [2.24, 2.45) is 0 Å². The largest absolute Gasteiger partial charge is 0.382 e. The normalized spacial score (nSPS) is 11.0. The summed E-state index contributed by atoms with van der Waals surface area (Å²) in [6.45, 7) is 5.71. The van der Waals surface area contributed by atoms with Gasteiger partial charge in [-0.3, -0.25) is 0 Å². The fourth-order valence-corrected chi connectivity index (χ4v) is 2.56. The summed E-state index contributed by atoms with van der Waals surface area (Å²) in [6, 6.07) is 5.32. The first-order valence-corrected chi connectivity index (χ1v) is 7.34. The monoisotopic (exact) mass is 334 g/mol. The number of aromatic nitrogens is 2. The smallest absolute Gasteiger partial charge is 0.222 e. The number of rotatable bonds is 1. The van der Waals surface area contributed by atoms with Crippen molar-refractivity contribution in [2.75, 3.05) is 11.5 Å². The molecule has 6 heteroatoms. The van der Waals surface area contributed by atoms with Crippen molar-refractivity contribution in [2.45, 2.75) is 26.2 Å². The van der Waals surface area contributed by atoms with E-state index in [2.05, 4.69) is 21.8 Å². The summed E-state index contributed by atoms with van der Waals surface area (Å²) < 4.78 is 0. The van der Waals surface area contributed by atoms with Crippen LogP contribution in [0.3, 0.4) is 0 Å². The molecule has 0 fully saturated rings. The van der Waals surface area contributed by atoms with Crippen LogP contribution in [0.2, 0.25) is 10.0 Å². The Balaban J connectivity index is 2.48. The molecule has 0 aliphatic heterocycles. The number of benzene rings is 1. The van der Waals surface area contributed by atoms with Crippen molar-refractivity contribution in [3.8, 4) is 11.8 Å². The molecular weight excluding hydrogens is 319 g/mol. The Bertz CT molecular complexity index is 765. The molecule has 22 heavy (non-hydrogen) atoms. The fraction of sp³-hybridized carbons (Fsp3) is 0.250. The summed E-state index contributed by atoms with van der Waals surface area (Å²) >= 11 is 12.3. The summed E-state index contributed by atoms with van der Waals surface area (Å²) in [5.74, 6) is 6.61. The minimum absolute atomic E-state index is 0.137. The van der Waals surface area contributed by atoms with Crippen LogP contribution in [0.4, 0.5) is 11.8 Å². The molecule has 0 radical (unpaired) electrons. The Morgan fingerprint density at radius 3 is 2.45 bits per heavy atom. The van der Waals surface area contributed by atoms with Crippen LogP contribution in [0, 0.1) is 18.8 Å². The van der Waals surface area contributed by atoms with E-state index in [0.29, 0.717) is 21.3 Å². The highest BCUT2D eigenvalue weighted by atomic mass is 35.5. The highest BCUT2D eigenvalue weighted by Gasteiger charge is 2.21. The first kappa shape index (κ1) is 16.4. The van der Waals surface area contributed by atoms with Crippen LogP contribution >= 0.6 is 23.2 Å². The molecule has 2 rings (SSSR count). The zero-order valence-corrected chi connectivity index (χ0v) is 14.0. The lowest BCUT2D eigenvalue weighted by molar-refractivity contribution is 0.698. The molecule has 0 saturated carbocycles. The molecule has 1 heterocycles. The third-order valence-electron chi connectivity index (χ3n) is 3.24. The van der Waals surface area contributed by atoms with E-state index >= 15 is 0 Å². The van der Waals surface area contributed by atoms with Gasteiger partial charge in [-0.1, -0.05) is 35.0 Å². The van der Waals surface area contributed by atoms with E-state index in [-0.39, 0.29) is 11.8 Å². The molecule has 0 aliphatic rings. The van der Waals surface area contributed by atoms with Crippen molar-refractivity contribution in [1.29, 1.82) is 0 Å². The van der Waals surface area contributed by atoms with Crippen LogP contribution in [0.15, 0.2) is 18.2 Å². The number of nitrogen functional groups attached to an aromatic ring is 2. The maximum absolute atomic E-state index is 6.25. The lowest BCUT2D eigenvalue weighted by atomic mass is 9.85. The van der Waals surface area contributed by atoms with Gasteiger partial charge in [0.05, 0.1) is 16.7 Å². The number of anilines is 2. The number of nitrogens with zero attached hydrogens (tertiary/aromatic N) is 2. The number of aryl methyl sites for hydroxylation is 1. The van der Waals surface area contributed by atoms with Crippen LogP contribution in [0.25, 0.3) is 0 Å². The Labute approximate surface area is 139 Å².